The van der Waals surface area contributed by atoms with Gasteiger partial charge in [0.15, 0.2) is 0 Å². The van der Waals surface area contributed by atoms with E-state index in [1.165, 1.54) is 18.3 Å². The summed E-state index contributed by atoms with van der Waals surface area (Å²) in [5, 5.41) is 0. The number of anilines is 1. The fraction of sp³-hybridized carbons (Fsp3) is 0.111. The number of aromatic nitrogens is 2. The van der Waals surface area contributed by atoms with Crippen LogP contribution >= 0.6 is 0 Å². The standard InChI is InChI=1S/C18H14F3N3/c19-18(20,21)14-8-6-13(7-9-14)16-11-23-17(22)15(24-16)10-12-4-2-1-3-5-12/h1-9,11H,10H2,(H2,22,23). The Kier molecular flexibility index (Phi) is 4.20. The third kappa shape index (κ3) is 3.53. The van der Waals surface area contributed by atoms with Gasteiger partial charge in [0.2, 0.25) is 0 Å². The third-order valence-electron chi connectivity index (χ3n) is 3.60. The lowest BCUT2D eigenvalue weighted by atomic mass is 10.1. The van der Waals surface area contributed by atoms with Gasteiger partial charge in [0.05, 0.1) is 23.1 Å². The number of hydrogen-bond acceptors (Lipinski definition) is 3. The van der Waals surface area contributed by atoms with Crippen LogP contribution in [0.25, 0.3) is 11.3 Å². The van der Waals surface area contributed by atoms with Crippen LogP contribution in [0.4, 0.5) is 19.0 Å². The van der Waals surface area contributed by atoms with Crippen LogP contribution in [0.5, 0.6) is 0 Å². The maximum Gasteiger partial charge on any atom is 0.416 e. The first kappa shape index (κ1) is 16.0. The fourth-order valence-electron chi connectivity index (χ4n) is 2.33. The van der Waals surface area contributed by atoms with Gasteiger partial charge in [-0.3, -0.25) is 0 Å². The van der Waals surface area contributed by atoms with Gasteiger partial charge in [0.25, 0.3) is 0 Å². The van der Waals surface area contributed by atoms with Crippen LogP contribution in [-0.4, -0.2) is 9.97 Å². The largest absolute Gasteiger partial charge is 0.416 e. The molecule has 2 N–H and O–H groups in total. The van der Waals surface area contributed by atoms with Crippen LogP contribution in [0.3, 0.4) is 0 Å². The molecule has 0 amide bonds. The number of nitrogens with two attached hydrogens (primary N) is 1. The van der Waals surface area contributed by atoms with E-state index in [0.29, 0.717) is 29.2 Å². The Hall–Kier alpha value is -2.89. The molecule has 24 heavy (non-hydrogen) atoms. The highest BCUT2D eigenvalue weighted by Gasteiger charge is 2.30. The zero-order chi connectivity index (χ0) is 17.2. The van der Waals surface area contributed by atoms with Crippen LogP contribution in [0.15, 0.2) is 60.8 Å². The molecule has 1 heterocycles. The van der Waals surface area contributed by atoms with Crippen LogP contribution in [0, 0.1) is 0 Å². The first-order chi connectivity index (χ1) is 11.4. The van der Waals surface area contributed by atoms with E-state index >= 15 is 0 Å². The van der Waals surface area contributed by atoms with E-state index in [1.54, 1.807) is 0 Å². The van der Waals surface area contributed by atoms with Crippen LogP contribution < -0.4 is 5.73 Å². The van der Waals surface area contributed by atoms with Gasteiger partial charge < -0.3 is 5.73 Å². The van der Waals surface area contributed by atoms with Gasteiger partial charge in [-0.1, -0.05) is 42.5 Å². The van der Waals surface area contributed by atoms with E-state index in [1.807, 2.05) is 30.3 Å². The lowest BCUT2D eigenvalue weighted by molar-refractivity contribution is -0.137. The average molecular weight is 329 g/mol. The highest BCUT2D eigenvalue weighted by molar-refractivity contribution is 5.60. The lowest BCUT2D eigenvalue weighted by Crippen LogP contribution is -2.05. The summed E-state index contributed by atoms with van der Waals surface area (Å²) in [6, 6.07) is 14.5. The highest BCUT2D eigenvalue weighted by Crippen LogP contribution is 2.30. The summed E-state index contributed by atoms with van der Waals surface area (Å²) in [6.45, 7) is 0. The molecule has 2 aromatic carbocycles. The van der Waals surface area contributed by atoms with E-state index in [2.05, 4.69) is 9.97 Å². The molecule has 1 aromatic heterocycles. The number of hydrogen-bond donors (Lipinski definition) is 1. The Morgan fingerprint density at radius 3 is 2.21 bits per heavy atom. The molecule has 0 bridgehead atoms. The molecule has 122 valence electrons. The number of rotatable bonds is 3. The number of alkyl halides is 3. The summed E-state index contributed by atoms with van der Waals surface area (Å²) in [5.74, 6) is 0.314. The smallest absolute Gasteiger partial charge is 0.382 e. The predicted molar refractivity (Wildman–Crippen MR) is 86.1 cm³/mol. The van der Waals surface area contributed by atoms with E-state index in [4.69, 9.17) is 5.73 Å². The van der Waals surface area contributed by atoms with Crippen molar-refractivity contribution in [1.29, 1.82) is 0 Å². The van der Waals surface area contributed by atoms with E-state index in [9.17, 15) is 13.2 Å². The van der Waals surface area contributed by atoms with Gasteiger partial charge in [-0.15, -0.1) is 0 Å². The molecule has 0 saturated heterocycles. The minimum atomic E-state index is -4.36. The molecule has 3 nitrogen and oxygen atoms in total. The molecule has 6 heteroatoms. The minimum absolute atomic E-state index is 0.314. The Labute approximate surface area is 137 Å². The van der Waals surface area contributed by atoms with Crippen molar-refractivity contribution in [2.24, 2.45) is 0 Å². The van der Waals surface area contributed by atoms with Gasteiger partial charge in [-0.05, 0) is 17.7 Å². The van der Waals surface area contributed by atoms with Crippen LogP contribution in [-0.2, 0) is 12.6 Å². The van der Waals surface area contributed by atoms with Gasteiger partial charge in [0.1, 0.15) is 5.82 Å². The first-order valence-electron chi connectivity index (χ1n) is 7.26. The molecule has 0 aliphatic heterocycles. The maximum absolute atomic E-state index is 12.6. The normalized spacial score (nSPS) is 11.5. The molecule has 0 spiro atoms. The highest BCUT2D eigenvalue weighted by atomic mass is 19.4. The fourth-order valence-corrected chi connectivity index (χ4v) is 2.33. The van der Waals surface area contributed by atoms with Gasteiger partial charge >= 0.3 is 6.18 Å². The number of nitrogens with zero attached hydrogens (tertiary/aromatic N) is 2. The zero-order valence-electron chi connectivity index (χ0n) is 12.6. The third-order valence-corrected chi connectivity index (χ3v) is 3.60. The molecule has 0 radical (unpaired) electrons. The van der Waals surface area contributed by atoms with E-state index in [0.717, 1.165) is 17.7 Å². The van der Waals surface area contributed by atoms with Crippen molar-refractivity contribution < 1.29 is 13.2 Å². The van der Waals surface area contributed by atoms with Crippen molar-refractivity contribution in [2.45, 2.75) is 12.6 Å². The second-order valence-electron chi connectivity index (χ2n) is 5.32. The van der Waals surface area contributed by atoms with Crippen molar-refractivity contribution in [3.05, 3.63) is 77.6 Å². The van der Waals surface area contributed by atoms with Crippen molar-refractivity contribution in [1.82, 2.24) is 9.97 Å². The molecule has 0 aliphatic rings. The molecule has 3 rings (SSSR count). The Balaban J connectivity index is 1.91. The van der Waals surface area contributed by atoms with Crippen LogP contribution in [0.2, 0.25) is 0 Å². The lowest BCUT2D eigenvalue weighted by Gasteiger charge is -2.09. The Morgan fingerprint density at radius 2 is 1.58 bits per heavy atom. The molecular weight excluding hydrogens is 315 g/mol. The second-order valence-corrected chi connectivity index (χ2v) is 5.32. The monoisotopic (exact) mass is 329 g/mol. The molecule has 0 saturated carbocycles. The molecule has 0 unspecified atom stereocenters. The van der Waals surface area contributed by atoms with Crippen molar-refractivity contribution >= 4 is 5.82 Å². The summed E-state index contributed by atoms with van der Waals surface area (Å²) in [5.41, 5.74) is 7.86. The minimum Gasteiger partial charge on any atom is -0.382 e. The SMILES string of the molecule is Nc1ncc(-c2ccc(C(F)(F)F)cc2)nc1Cc1ccccc1. The summed E-state index contributed by atoms with van der Waals surface area (Å²) in [6.07, 6.45) is -2.38. The van der Waals surface area contributed by atoms with Gasteiger partial charge in [-0.2, -0.15) is 13.2 Å². The zero-order valence-corrected chi connectivity index (χ0v) is 12.6. The average Bonchev–Trinajstić information content (AvgIpc) is 2.57. The predicted octanol–water partition coefficient (Wildman–Crippen LogP) is 4.34. The Morgan fingerprint density at radius 1 is 0.917 bits per heavy atom. The molecule has 0 aliphatic carbocycles. The number of benzene rings is 2. The topological polar surface area (TPSA) is 51.8 Å². The first-order valence-corrected chi connectivity index (χ1v) is 7.26. The van der Waals surface area contributed by atoms with E-state index in [-0.39, 0.29) is 0 Å². The summed E-state index contributed by atoms with van der Waals surface area (Å²) in [7, 11) is 0. The number of halogens is 3. The second kappa shape index (κ2) is 6.31. The molecule has 0 atom stereocenters. The molecule has 0 fully saturated rings. The molecule has 3 aromatic rings. The summed E-state index contributed by atoms with van der Waals surface area (Å²) < 4.78 is 37.9. The Bertz CT molecular complexity index is 828. The van der Waals surface area contributed by atoms with E-state index < -0.39 is 11.7 Å². The number of nitrogen functional groups attached to an aromatic ring is 1. The molecular formula is C18H14F3N3. The van der Waals surface area contributed by atoms with Crippen molar-refractivity contribution in [3.63, 3.8) is 0 Å². The van der Waals surface area contributed by atoms with Gasteiger partial charge in [-0.25, -0.2) is 9.97 Å². The van der Waals surface area contributed by atoms with Crippen molar-refractivity contribution in [3.8, 4) is 11.3 Å². The van der Waals surface area contributed by atoms with Crippen molar-refractivity contribution in [2.75, 3.05) is 5.73 Å². The van der Waals surface area contributed by atoms with Crippen LogP contribution in [0.1, 0.15) is 16.8 Å². The quantitative estimate of drug-likeness (QED) is 0.778. The summed E-state index contributed by atoms with van der Waals surface area (Å²) in [4.78, 5) is 8.58. The van der Waals surface area contributed by atoms with Gasteiger partial charge in [0, 0.05) is 12.0 Å². The maximum atomic E-state index is 12.6. The summed E-state index contributed by atoms with van der Waals surface area (Å²) >= 11 is 0.